The van der Waals surface area contributed by atoms with Gasteiger partial charge < -0.3 is 10.6 Å². The number of carbonyl (C=O) groups excluding carboxylic acids is 2. The first-order valence-corrected chi connectivity index (χ1v) is 10.2. The Kier molecular flexibility index (Phi) is 5.08. The number of amides is 2. The van der Waals surface area contributed by atoms with Crippen LogP contribution >= 0.6 is 0 Å². The van der Waals surface area contributed by atoms with Gasteiger partial charge in [0, 0.05) is 30.0 Å². The van der Waals surface area contributed by atoms with Crippen LogP contribution in [0.2, 0.25) is 0 Å². The van der Waals surface area contributed by atoms with Crippen LogP contribution in [0.3, 0.4) is 0 Å². The molecule has 0 spiro atoms. The number of carbonyl (C=O) groups is 2. The van der Waals surface area contributed by atoms with E-state index >= 15 is 0 Å². The van der Waals surface area contributed by atoms with Crippen molar-refractivity contribution in [3.05, 3.63) is 54.1 Å². The molecule has 0 saturated carbocycles. The Morgan fingerprint density at radius 2 is 1.85 bits per heavy atom. The number of sulfone groups is 1. The molecule has 2 aromatic carbocycles. The van der Waals surface area contributed by atoms with Gasteiger partial charge in [-0.15, -0.1) is 0 Å². The van der Waals surface area contributed by atoms with Gasteiger partial charge in [0.2, 0.25) is 11.8 Å². The number of hydrogen-bond acceptors (Lipinski definition) is 4. The Hall–Kier alpha value is -2.67. The molecule has 0 fully saturated rings. The lowest BCUT2D eigenvalue weighted by atomic mass is 9.89. The molecule has 1 aliphatic rings. The van der Waals surface area contributed by atoms with Crippen molar-refractivity contribution in [3.8, 4) is 0 Å². The van der Waals surface area contributed by atoms with Crippen LogP contribution in [0.4, 0.5) is 11.4 Å². The number of rotatable bonds is 5. The van der Waals surface area contributed by atoms with Crippen LogP contribution in [0.5, 0.6) is 0 Å². The molecule has 1 unspecified atom stereocenters. The maximum Gasteiger partial charge on any atom is 0.227 e. The van der Waals surface area contributed by atoms with Gasteiger partial charge in [-0.2, -0.15) is 0 Å². The Bertz CT molecular complexity index is 936. The van der Waals surface area contributed by atoms with Gasteiger partial charge in [-0.3, -0.25) is 9.59 Å². The van der Waals surface area contributed by atoms with Gasteiger partial charge in [-0.05, 0) is 48.7 Å². The van der Waals surface area contributed by atoms with Crippen LogP contribution in [-0.2, 0) is 25.8 Å². The SMILES string of the molecule is CS(=O)(=O)c1ccc(NC(=O)CCC2Cc3ccccc3NC2=O)cc1. The van der Waals surface area contributed by atoms with E-state index in [4.69, 9.17) is 0 Å². The Morgan fingerprint density at radius 1 is 1.15 bits per heavy atom. The standard InChI is InChI=1S/C19H20N2O4S/c1-26(24,25)16-9-7-15(8-10-16)20-18(22)11-6-14-12-13-4-2-3-5-17(13)21-19(14)23/h2-5,7-10,14H,6,11-12H2,1H3,(H,20,22)(H,21,23). The van der Waals surface area contributed by atoms with E-state index in [1.54, 1.807) is 12.1 Å². The molecular formula is C19H20N2O4S. The van der Waals surface area contributed by atoms with E-state index in [-0.39, 0.29) is 29.0 Å². The van der Waals surface area contributed by atoms with Crippen LogP contribution in [0, 0.1) is 5.92 Å². The third-order valence-electron chi connectivity index (χ3n) is 4.40. The van der Waals surface area contributed by atoms with Crippen molar-refractivity contribution in [1.82, 2.24) is 0 Å². The normalized spacial score (nSPS) is 16.5. The molecule has 6 nitrogen and oxygen atoms in total. The van der Waals surface area contributed by atoms with E-state index in [0.29, 0.717) is 18.5 Å². The number of fused-ring (bicyclic) bond motifs is 1. The van der Waals surface area contributed by atoms with E-state index < -0.39 is 9.84 Å². The number of hydrogen-bond donors (Lipinski definition) is 2. The smallest absolute Gasteiger partial charge is 0.227 e. The van der Waals surface area contributed by atoms with Crippen molar-refractivity contribution in [2.24, 2.45) is 5.92 Å². The summed E-state index contributed by atoms with van der Waals surface area (Å²) in [4.78, 5) is 24.5. The number of benzene rings is 2. The topological polar surface area (TPSA) is 92.3 Å². The predicted molar refractivity (Wildman–Crippen MR) is 99.7 cm³/mol. The molecule has 7 heteroatoms. The molecule has 1 atom stereocenters. The second kappa shape index (κ2) is 7.29. The molecule has 0 bridgehead atoms. The summed E-state index contributed by atoms with van der Waals surface area (Å²) < 4.78 is 22.9. The minimum Gasteiger partial charge on any atom is -0.326 e. The van der Waals surface area contributed by atoms with Crippen molar-refractivity contribution in [2.75, 3.05) is 16.9 Å². The first-order valence-electron chi connectivity index (χ1n) is 8.31. The average molecular weight is 372 g/mol. The zero-order chi connectivity index (χ0) is 18.7. The third-order valence-corrected chi connectivity index (χ3v) is 5.53. The summed E-state index contributed by atoms with van der Waals surface area (Å²) in [5, 5.41) is 5.60. The lowest BCUT2D eigenvalue weighted by Crippen LogP contribution is -2.30. The second-order valence-corrected chi connectivity index (χ2v) is 8.45. The first kappa shape index (κ1) is 18.1. The first-order chi connectivity index (χ1) is 12.3. The molecule has 0 saturated heterocycles. The largest absolute Gasteiger partial charge is 0.326 e. The van der Waals surface area contributed by atoms with Gasteiger partial charge in [0.05, 0.1) is 4.90 Å². The molecule has 0 aromatic heterocycles. The highest BCUT2D eigenvalue weighted by atomic mass is 32.2. The summed E-state index contributed by atoms with van der Waals surface area (Å²) in [6.07, 6.45) is 2.42. The van der Waals surface area contributed by atoms with E-state index in [0.717, 1.165) is 17.5 Å². The van der Waals surface area contributed by atoms with Crippen LogP contribution in [0.25, 0.3) is 0 Å². The van der Waals surface area contributed by atoms with Crippen molar-refractivity contribution in [3.63, 3.8) is 0 Å². The molecule has 2 aromatic rings. The minimum absolute atomic E-state index is 0.0611. The fraction of sp³-hybridized carbons (Fsp3) is 0.263. The fourth-order valence-corrected chi connectivity index (χ4v) is 3.59. The fourth-order valence-electron chi connectivity index (χ4n) is 2.96. The number of nitrogens with one attached hydrogen (secondary N) is 2. The Morgan fingerprint density at radius 3 is 2.54 bits per heavy atom. The predicted octanol–water partition coefficient (Wildman–Crippen LogP) is 2.62. The number of anilines is 2. The molecule has 0 radical (unpaired) electrons. The van der Waals surface area contributed by atoms with Crippen molar-refractivity contribution >= 4 is 33.0 Å². The Labute approximate surface area is 152 Å². The Balaban J connectivity index is 1.55. The van der Waals surface area contributed by atoms with E-state index in [2.05, 4.69) is 10.6 Å². The second-order valence-electron chi connectivity index (χ2n) is 6.43. The summed E-state index contributed by atoms with van der Waals surface area (Å²) in [6.45, 7) is 0. The molecule has 2 amide bonds. The van der Waals surface area contributed by atoms with Crippen LogP contribution in [-0.4, -0.2) is 26.5 Å². The van der Waals surface area contributed by atoms with Crippen molar-refractivity contribution < 1.29 is 18.0 Å². The molecule has 1 heterocycles. The molecule has 1 aliphatic heterocycles. The maximum atomic E-state index is 12.2. The highest BCUT2D eigenvalue weighted by Crippen LogP contribution is 2.27. The zero-order valence-electron chi connectivity index (χ0n) is 14.4. The van der Waals surface area contributed by atoms with Crippen LogP contribution in [0.15, 0.2) is 53.4 Å². The van der Waals surface area contributed by atoms with Crippen LogP contribution in [0.1, 0.15) is 18.4 Å². The van der Waals surface area contributed by atoms with Gasteiger partial charge >= 0.3 is 0 Å². The average Bonchev–Trinajstić information content (AvgIpc) is 2.59. The molecule has 136 valence electrons. The van der Waals surface area contributed by atoms with Crippen molar-refractivity contribution in [2.45, 2.75) is 24.2 Å². The lowest BCUT2D eigenvalue weighted by Gasteiger charge is -2.24. The third kappa shape index (κ3) is 4.29. The maximum absolute atomic E-state index is 12.2. The minimum atomic E-state index is -3.26. The lowest BCUT2D eigenvalue weighted by molar-refractivity contribution is -0.121. The van der Waals surface area contributed by atoms with E-state index in [9.17, 15) is 18.0 Å². The monoisotopic (exact) mass is 372 g/mol. The van der Waals surface area contributed by atoms with Gasteiger partial charge in [0.15, 0.2) is 9.84 Å². The molecule has 26 heavy (non-hydrogen) atoms. The van der Waals surface area contributed by atoms with E-state index in [1.807, 2.05) is 24.3 Å². The van der Waals surface area contributed by atoms with Gasteiger partial charge in [0.1, 0.15) is 0 Å². The quantitative estimate of drug-likeness (QED) is 0.844. The summed E-state index contributed by atoms with van der Waals surface area (Å²) in [5.74, 6) is -0.499. The van der Waals surface area contributed by atoms with Crippen LogP contribution < -0.4 is 10.6 Å². The molecular weight excluding hydrogens is 352 g/mol. The molecule has 3 rings (SSSR count). The summed E-state index contributed by atoms with van der Waals surface area (Å²) in [7, 11) is -3.26. The zero-order valence-corrected chi connectivity index (χ0v) is 15.2. The van der Waals surface area contributed by atoms with Gasteiger partial charge in [-0.1, -0.05) is 18.2 Å². The van der Waals surface area contributed by atoms with E-state index in [1.165, 1.54) is 12.1 Å². The molecule has 2 N–H and O–H groups in total. The molecule has 0 aliphatic carbocycles. The van der Waals surface area contributed by atoms with Gasteiger partial charge in [-0.25, -0.2) is 8.42 Å². The highest BCUT2D eigenvalue weighted by molar-refractivity contribution is 7.90. The van der Waals surface area contributed by atoms with Crippen molar-refractivity contribution in [1.29, 1.82) is 0 Å². The summed E-state index contributed by atoms with van der Waals surface area (Å²) in [6, 6.07) is 13.7. The summed E-state index contributed by atoms with van der Waals surface area (Å²) >= 11 is 0. The number of para-hydroxylation sites is 1. The highest BCUT2D eigenvalue weighted by Gasteiger charge is 2.26. The summed E-state index contributed by atoms with van der Waals surface area (Å²) in [5.41, 5.74) is 2.44. The van der Waals surface area contributed by atoms with Gasteiger partial charge in [0.25, 0.3) is 0 Å².